The van der Waals surface area contributed by atoms with Crippen LogP contribution in [0, 0.1) is 5.41 Å². The second kappa shape index (κ2) is 9.92. The molecule has 1 aromatic heterocycles. The van der Waals surface area contributed by atoms with Crippen LogP contribution in [0.15, 0.2) is 54.1 Å². The van der Waals surface area contributed by atoms with E-state index in [0.717, 1.165) is 31.9 Å². The van der Waals surface area contributed by atoms with E-state index in [1.165, 1.54) is 6.08 Å². The molecule has 2 heterocycles. The number of carboxylic acids is 1. The highest BCUT2D eigenvalue weighted by atomic mass is 16.4. The molecule has 168 valence electrons. The molecule has 3 rings (SSSR count). The van der Waals surface area contributed by atoms with Gasteiger partial charge in [-0.3, -0.25) is 4.79 Å². The number of ketones is 1. The van der Waals surface area contributed by atoms with Crippen LogP contribution >= 0.6 is 0 Å². The van der Waals surface area contributed by atoms with Crippen LogP contribution < -0.4 is 4.90 Å². The molecule has 0 spiro atoms. The molecule has 0 unspecified atom stereocenters. The maximum atomic E-state index is 12.8. The molecule has 1 aliphatic rings. The van der Waals surface area contributed by atoms with E-state index in [-0.39, 0.29) is 11.4 Å². The number of carbonyl (C=O) groups excluding carboxylic acids is 1. The molecule has 1 N–H and O–H groups in total. The third kappa shape index (κ3) is 6.14. The summed E-state index contributed by atoms with van der Waals surface area (Å²) in [6.45, 7) is 9.46. The molecule has 6 heteroatoms. The first-order valence-electron chi connectivity index (χ1n) is 10.8. The number of hydrogen-bond donors (Lipinski definition) is 1. The SMILES string of the molecule is CN1CCN(c2cccc(C(=O)C=Cc3cccc(C=C(C(=O)O)C(C)(C)C)n3)c2)CC1. The zero-order valence-corrected chi connectivity index (χ0v) is 19.2. The topological polar surface area (TPSA) is 73.7 Å². The van der Waals surface area contributed by atoms with Gasteiger partial charge < -0.3 is 14.9 Å². The van der Waals surface area contributed by atoms with Gasteiger partial charge in [-0.1, -0.05) is 39.0 Å². The van der Waals surface area contributed by atoms with Crippen LogP contribution in [0.2, 0.25) is 0 Å². The second-order valence-electron chi connectivity index (χ2n) is 9.14. The molecule has 0 aliphatic carbocycles. The number of likely N-dealkylation sites (N-methyl/N-ethyl adjacent to an activating group) is 1. The van der Waals surface area contributed by atoms with E-state index in [4.69, 9.17) is 0 Å². The third-order valence-corrected chi connectivity index (χ3v) is 5.53. The third-order valence-electron chi connectivity index (χ3n) is 5.53. The Labute approximate surface area is 189 Å². The first-order chi connectivity index (χ1) is 15.1. The number of benzene rings is 1. The van der Waals surface area contributed by atoms with Crippen molar-refractivity contribution in [3.63, 3.8) is 0 Å². The normalized spacial score (nSPS) is 15.9. The van der Waals surface area contributed by atoms with Crippen LogP contribution in [0.3, 0.4) is 0 Å². The van der Waals surface area contributed by atoms with Crippen molar-refractivity contribution in [3.8, 4) is 0 Å². The van der Waals surface area contributed by atoms with Crippen molar-refractivity contribution in [3.05, 3.63) is 71.1 Å². The maximum Gasteiger partial charge on any atom is 0.332 e. The largest absolute Gasteiger partial charge is 0.478 e. The minimum Gasteiger partial charge on any atom is -0.478 e. The predicted molar refractivity (Wildman–Crippen MR) is 129 cm³/mol. The van der Waals surface area contributed by atoms with Crippen LogP contribution in [0.5, 0.6) is 0 Å². The molecule has 1 aromatic carbocycles. The highest BCUT2D eigenvalue weighted by Crippen LogP contribution is 2.27. The molecule has 2 aromatic rings. The summed E-state index contributed by atoms with van der Waals surface area (Å²) in [5.74, 6) is -1.06. The summed E-state index contributed by atoms with van der Waals surface area (Å²) in [5.41, 5.74) is 2.61. The monoisotopic (exact) mass is 433 g/mol. The molecule has 0 atom stereocenters. The van der Waals surface area contributed by atoms with Crippen LogP contribution in [0.4, 0.5) is 5.69 Å². The number of pyridine rings is 1. The highest BCUT2D eigenvalue weighted by molar-refractivity contribution is 6.07. The molecule has 0 amide bonds. The summed E-state index contributed by atoms with van der Waals surface area (Å²) in [7, 11) is 2.12. The quantitative estimate of drug-likeness (QED) is 0.543. The van der Waals surface area contributed by atoms with Gasteiger partial charge in [0.15, 0.2) is 5.78 Å². The first-order valence-corrected chi connectivity index (χ1v) is 10.8. The molecule has 1 fully saturated rings. The van der Waals surface area contributed by atoms with Gasteiger partial charge in [0.1, 0.15) is 0 Å². The van der Waals surface area contributed by atoms with Gasteiger partial charge in [0.25, 0.3) is 0 Å². The number of rotatable bonds is 6. The zero-order chi connectivity index (χ0) is 23.3. The average Bonchev–Trinajstić information content (AvgIpc) is 2.76. The molecule has 6 nitrogen and oxygen atoms in total. The summed E-state index contributed by atoms with van der Waals surface area (Å²) >= 11 is 0. The lowest BCUT2D eigenvalue weighted by Gasteiger charge is -2.34. The van der Waals surface area contributed by atoms with Gasteiger partial charge in [-0.05, 0) is 55.0 Å². The lowest BCUT2D eigenvalue weighted by molar-refractivity contribution is -0.133. The Kier molecular flexibility index (Phi) is 7.26. The smallest absolute Gasteiger partial charge is 0.332 e. The Morgan fingerprint density at radius 3 is 2.31 bits per heavy atom. The standard InChI is InChI=1S/C26H31N3O3/c1-26(2,3)23(25(31)32)18-21-9-6-8-20(27-21)11-12-24(30)19-7-5-10-22(17-19)29-15-13-28(4)14-16-29/h5-12,17-18H,13-16H2,1-4H3,(H,31,32). The van der Waals surface area contributed by atoms with Crippen molar-refractivity contribution in [2.24, 2.45) is 5.41 Å². The number of aliphatic carboxylic acids is 1. The van der Waals surface area contributed by atoms with Gasteiger partial charge in [0, 0.05) is 43.0 Å². The van der Waals surface area contributed by atoms with Gasteiger partial charge in [-0.25, -0.2) is 9.78 Å². The van der Waals surface area contributed by atoms with Crippen molar-refractivity contribution in [2.45, 2.75) is 20.8 Å². The molecule has 32 heavy (non-hydrogen) atoms. The Hall–Kier alpha value is -3.25. The van der Waals surface area contributed by atoms with E-state index in [0.29, 0.717) is 17.0 Å². The summed E-state index contributed by atoms with van der Waals surface area (Å²) < 4.78 is 0. The molecule has 0 saturated carbocycles. The average molecular weight is 434 g/mol. The van der Waals surface area contributed by atoms with Crippen LogP contribution in [-0.4, -0.2) is 60.0 Å². The molecular formula is C26H31N3O3. The van der Waals surface area contributed by atoms with E-state index < -0.39 is 11.4 Å². The Morgan fingerprint density at radius 2 is 1.66 bits per heavy atom. The maximum absolute atomic E-state index is 12.8. The molecule has 1 saturated heterocycles. The van der Waals surface area contributed by atoms with Crippen LogP contribution in [-0.2, 0) is 4.79 Å². The molecule has 0 bridgehead atoms. The Bertz CT molecular complexity index is 1040. The zero-order valence-electron chi connectivity index (χ0n) is 19.2. The van der Waals surface area contributed by atoms with Gasteiger partial charge in [0.05, 0.1) is 11.4 Å². The van der Waals surface area contributed by atoms with Gasteiger partial charge >= 0.3 is 5.97 Å². The lowest BCUT2D eigenvalue weighted by atomic mass is 9.86. The highest BCUT2D eigenvalue weighted by Gasteiger charge is 2.23. The number of carbonyl (C=O) groups is 2. The van der Waals surface area contributed by atoms with E-state index in [2.05, 4.69) is 21.8 Å². The van der Waals surface area contributed by atoms with Gasteiger partial charge in [0.2, 0.25) is 0 Å². The van der Waals surface area contributed by atoms with Crippen molar-refractivity contribution in [1.29, 1.82) is 0 Å². The van der Waals surface area contributed by atoms with E-state index >= 15 is 0 Å². The minimum absolute atomic E-state index is 0.0929. The molecule has 0 radical (unpaired) electrons. The van der Waals surface area contributed by atoms with Crippen molar-refractivity contribution in [1.82, 2.24) is 9.88 Å². The van der Waals surface area contributed by atoms with E-state index in [1.807, 2.05) is 45.0 Å². The molecule has 1 aliphatic heterocycles. The van der Waals surface area contributed by atoms with Gasteiger partial charge in [-0.2, -0.15) is 0 Å². The first kappa shape index (κ1) is 23.4. The predicted octanol–water partition coefficient (Wildman–Crippen LogP) is 4.24. The fourth-order valence-electron chi connectivity index (χ4n) is 3.57. The van der Waals surface area contributed by atoms with Crippen molar-refractivity contribution >= 4 is 29.6 Å². The summed E-state index contributed by atoms with van der Waals surface area (Å²) in [4.78, 5) is 33.4. The number of hydrogen-bond acceptors (Lipinski definition) is 5. The fraction of sp³-hybridized carbons (Fsp3) is 0.346. The minimum atomic E-state index is -0.962. The number of nitrogens with zero attached hydrogens (tertiary/aromatic N) is 3. The summed E-state index contributed by atoms with van der Waals surface area (Å²) in [6, 6.07) is 13.1. The number of carboxylic acid groups (broad SMARTS) is 1. The Balaban J connectivity index is 1.76. The summed E-state index contributed by atoms with van der Waals surface area (Å²) in [6.07, 6.45) is 4.77. The number of aromatic nitrogens is 1. The van der Waals surface area contributed by atoms with Gasteiger partial charge in [-0.15, -0.1) is 0 Å². The summed E-state index contributed by atoms with van der Waals surface area (Å²) in [5, 5.41) is 9.51. The number of anilines is 1. The number of allylic oxidation sites excluding steroid dienone is 1. The fourth-order valence-corrected chi connectivity index (χ4v) is 3.57. The van der Waals surface area contributed by atoms with Crippen molar-refractivity contribution in [2.75, 3.05) is 38.1 Å². The Morgan fingerprint density at radius 1 is 1.00 bits per heavy atom. The van der Waals surface area contributed by atoms with Crippen molar-refractivity contribution < 1.29 is 14.7 Å². The van der Waals surface area contributed by atoms with Crippen LogP contribution in [0.1, 0.15) is 42.5 Å². The van der Waals surface area contributed by atoms with E-state index in [9.17, 15) is 14.7 Å². The second-order valence-corrected chi connectivity index (χ2v) is 9.14. The lowest BCUT2D eigenvalue weighted by Crippen LogP contribution is -2.44. The molecular weight excluding hydrogens is 402 g/mol. The number of piperazine rings is 1. The van der Waals surface area contributed by atoms with E-state index in [1.54, 1.807) is 30.4 Å². The van der Waals surface area contributed by atoms with Crippen LogP contribution in [0.25, 0.3) is 12.2 Å².